The number of ether oxygens (including phenoxy) is 1. The minimum atomic E-state index is 0.0415. The molecule has 0 aliphatic carbocycles. The van der Waals surface area contributed by atoms with Crippen LogP contribution in [0.3, 0.4) is 0 Å². The lowest BCUT2D eigenvalue weighted by atomic mass is 10.2. The maximum Gasteiger partial charge on any atom is 0.151 e. The number of hydrogen-bond acceptors (Lipinski definition) is 7. The van der Waals surface area contributed by atoms with Crippen LogP contribution < -0.4 is 11.1 Å². The van der Waals surface area contributed by atoms with Crippen molar-refractivity contribution in [3.63, 3.8) is 0 Å². The standard InChI is InChI=1S/C14H23N5O.C10H17NO/c1-9-10(2)17-14(15)12-13(9)19(11(3)18-12)6-8-20-7-5-16-4;1-4-6-7-8-10(5-2)11(3)9-12/h16H,5-8H2,1-4H3,(H2,15,17);4-8,12H,9H2,1-3H3/b;6-4-,8-7-,10-5+. The highest BCUT2D eigenvalue weighted by atomic mass is 16.5. The maximum atomic E-state index is 8.83. The number of fused-ring (bicyclic) bond motifs is 1. The highest BCUT2D eigenvalue weighted by Gasteiger charge is 2.15. The van der Waals surface area contributed by atoms with Crippen LogP contribution >= 0.6 is 0 Å². The van der Waals surface area contributed by atoms with Crippen molar-refractivity contribution in [2.45, 2.75) is 41.2 Å². The second-order valence-corrected chi connectivity index (χ2v) is 7.37. The third-order valence-corrected chi connectivity index (χ3v) is 5.06. The van der Waals surface area contributed by atoms with E-state index >= 15 is 0 Å². The van der Waals surface area contributed by atoms with E-state index in [0.29, 0.717) is 19.0 Å². The second-order valence-electron chi connectivity index (χ2n) is 7.37. The van der Waals surface area contributed by atoms with Crippen LogP contribution in [0.2, 0.25) is 0 Å². The molecular formula is C24H40N6O2. The summed E-state index contributed by atoms with van der Waals surface area (Å²) in [4.78, 5) is 10.6. The molecule has 2 heterocycles. The fourth-order valence-corrected chi connectivity index (χ4v) is 3.11. The molecule has 0 bridgehead atoms. The minimum Gasteiger partial charge on any atom is -0.382 e. The zero-order valence-electron chi connectivity index (χ0n) is 20.6. The Kier molecular flexibility index (Phi) is 12.3. The second kappa shape index (κ2) is 14.4. The smallest absolute Gasteiger partial charge is 0.151 e. The number of rotatable bonds is 10. The summed E-state index contributed by atoms with van der Waals surface area (Å²) in [5.41, 5.74) is 10.9. The Bertz CT molecular complexity index is 930. The lowest BCUT2D eigenvalue weighted by molar-refractivity contribution is 0.129. The molecule has 0 radical (unpaired) electrons. The summed E-state index contributed by atoms with van der Waals surface area (Å²) in [7, 11) is 3.76. The zero-order chi connectivity index (χ0) is 24.1. The number of aromatic nitrogens is 3. The van der Waals surface area contributed by atoms with Crippen LogP contribution in [0.5, 0.6) is 0 Å². The molecule has 0 aliphatic rings. The molecule has 0 amide bonds. The molecular weight excluding hydrogens is 404 g/mol. The van der Waals surface area contributed by atoms with Gasteiger partial charge in [-0.2, -0.15) is 0 Å². The Hall–Kier alpha value is -2.68. The van der Waals surface area contributed by atoms with Gasteiger partial charge in [0.2, 0.25) is 0 Å². The van der Waals surface area contributed by atoms with E-state index in [9.17, 15) is 0 Å². The lowest BCUT2D eigenvalue weighted by Crippen LogP contribution is -2.16. The number of nitrogens with zero attached hydrogens (tertiary/aromatic N) is 4. The average molecular weight is 445 g/mol. The van der Waals surface area contributed by atoms with Gasteiger partial charge in [0.15, 0.2) is 5.82 Å². The Morgan fingerprint density at radius 3 is 2.50 bits per heavy atom. The van der Waals surface area contributed by atoms with Crippen LogP contribution in [-0.4, -0.2) is 65.1 Å². The van der Waals surface area contributed by atoms with Crippen LogP contribution in [0.4, 0.5) is 5.82 Å². The number of pyridine rings is 1. The number of nitrogens with two attached hydrogens (primary N) is 1. The summed E-state index contributed by atoms with van der Waals surface area (Å²) >= 11 is 0. The number of nitrogen functional groups attached to an aromatic ring is 1. The molecule has 0 saturated carbocycles. The molecule has 0 aromatic carbocycles. The van der Waals surface area contributed by atoms with Crippen LogP contribution in [0.1, 0.15) is 30.9 Å². The number of nitrogens with one attached hydrogen (secondary N) is 1. The zero-order valence-corrected chi connectivity index (χ0v) is 20.6. The van der Waals surface area contributed by atoms with Gasteiger partial charge in [-0.25, -0.2) is 9.97 Å². The number of anilines is 1. The minimum absolute atomic E-state index is 0.0415. The number of likely N-dealkylation sites (N-methyl/N-ethyl adjacent to an activating group) is 2. The van der Waals surface area contributed by atoms with Crippen molar-refractivity contribution in [3.8, 4) is 0 Å². The van der Waals surface area contributed by atoms with Gasteiger partial charge in [0.1, 0.15) is 18.1 Å². The lowest BCUT2D eigenvalue weighted by Gasteiger charge is -2.15. The largest absolute Gasteiger partial charge is 0.382 e. The molecule has 0 atom stereocenters. The molecule has 2 rings (SSSR count). The van der Waals surface area contributed by atoms with E-state index in [-0.39, 0.29) is 6.73 Å². The highest BCUT2D eigenvalue weighted by Crippen LogP contribution is 2.25. The third kappa shape index (κ3) is 7.78. The van der Waals surface area contributed by atoms with Crippen molar-refractivity contribution in [1.82, 2.24) is 24.8 Å². The number of allylic oxidation sites excluding steroid dienone is 5. The molecule has 2 aromatic heterocycles. The van der Waals surface area contributed by atoms with Gasteiger partial charge in [-0.15, -0.1) is 0 Å². The first-order valence-electron chi connectivity index (χ1n) is 10.9. The molecule has 178 valence electrons. The first kappa shape index (κ1) is 27.4. The number of hydrogen-bond donors (Lipinski definition) is 3. The predicted octanol–water partition coefficient (Wildman–Crippen LogP) is 3.08. The van der Waals surface area contributed by atoms with Crippen molar-refractivity contribution in [2.75, 3.05) is 46.3 Å². The molecule has 8 heteroatoms. The van der Waals surface area contributed by atoms with Gasteiger partial charge in [0, 0.05) is 31.5 Å². The van der Waals surface area contributed by atoms with Gasteiger partial charge in [0.25, 0.3) is 0 Å². The molecule has 2 aromatic rings. The van der Waals surface area contributed by atoms with Gasteiger partial charge < -0.3 is 30.4 Å². The summed E-state index contributed by atoms with van der Waals surface area (Å²) < 4.78 is 7.76. The van der Waals surface area contributed by atoms with Gasteiger partial charge in [-0.05, 0) is 53.3 Å². The Morgan fingerprint density at radius 1 is 1.19 bits per heavy atom. The van der Waals surface area contributed by atoms with Crippen LogP contribution in [0, 0.1) is 20.8 Å². The van der Waals surface area contributed by atoms with Crippen LogP contribution in [0.15, 0.2) is 36.1 Å². The predicted molar refractivity (Wildman–Crippen MR) is 133 cm³/mol. The van der Waals surface area contributed by atoms with Gasteiger partial charge in [-0.3, -0.25) is 0 Å². The van der Waals surface area contributed by atoms with Gasteiger partial charge in [-0.1, -0.05) is 24.3 Å². The van der Waals surface area contributed by atoms with E-state index in [1.807, 2.05) is 72.2 Å². The van der Waals surface area contributed by atoms with Crippen molar-refractivity contribution < 1.29 is 9.84 Å². The number of aliphatic hydroxyl groups is 1. The SMILES string of the molecule is CNCCOCCn1c(C)nc2c(N)nc(C)c(C)c21.C\C=C/C=C\C(=C/C)N(C)CO. The van der Waals surface area contributed by atoms with Crippen molar-refractivity contribution in [1.29, 1.82) is 0 Å². The fraction of sp³-hybridized carbons (Fsp3) is 0.500. The van der Waals surface area contributed by atoms with Crippen molar-refractivity contribution in [2.24, 2.45) is 0 Å². The third-order valence-electron chi connectivity index (χ3n) is 5.06. The summed E-state index contributed by atoms with van der Waals surface area (Å²) in [6.45, 7) is 13.0. The van der Waals surface area contributed by atoms with Crippen molar-refractivity contribution in [3.05, 3.63) is 53.2 Å². The Morgan fingerprint density at radius 2 is 1.91 bits per heavy atom. The Labute approximate surface area is 192 Å². The van der Waals surface area contributed by atoms with E-state index in [0.717, 1.165) is 46.9 Å². The monoisotopic (exact) mass is 444 g/mol. The van der Waals surface area contributed by atoms with Gasteiger partial charge >= 0.3 is 0 Å². The topological polar surface area (TPSA) is 101 Å². The molecule has 0 aliphatic heterocycles. The van der Waals surface area contributed by atoms with E-state index in [4.69, 9.17) is 15.6 Å². The van der Waals surface area contributed by atoms with Crippen molar-refractivity contribution >= 4 is 16.9 Å². The van der Waals surface area contributed by atoms with E-state index in [1.54, 1.807) is 4.90 Å². The van der Waals surface area contributed by atoms with E-state index in [2.05, 4.69) is 26.8 Å². The first-order valence-corrected chi connectivity index (χ1v) is 10.9. The molecule has 0 unspecified atom stereocenters. The average Bonchev–Trinajstić information content (AvgIpc) is 3.12. The molecule has 32 heavy (non-hydrogen) atoms. The normalized spacial score (nSPS) is 12.1. The summed E-state index contributed by atoms with van der Waals surface area (Å²) in [5.74, 6) is 1.44. The highest BCUT2D eigenvalue weighted by molar-refractivity contribution is 5.88. The van der Waals surface area contributed by atoms with E-state index < -0.39 is 0 Å². The Balaban J connectivity index is 0.000000368. The summed E-state index contributed by atoms with van der Waals surface area (Å²) in [5, 5.41) is 11.9. The van der Waals surface area contributed by atoms with Crippen LogP contribution in [-0.2, 0) is 11.3 Å². The fourth-order valence-electron chi connectivity index (χ4n) is 3.11. The quantitative estimate of drug-likeness (QED) is 0.294. The molecule has 0 saturated heterocycles. The number of aryl methyl sites for hydroxylation is 3. The van der Waals surface area contributed by atoms with Crippen LogP contribution in [0.25, 0.3) is 11.0 Å². The maximum absolute atomic E-state index is 8.83. The van der Waals surface area contributed by atoms with Gasteiger partial charge in [0.05, 0.1) is 18.7 Å². The summed E-state index contributed by atoms with van der Waals surface area (Å²) in [6.07, 6.45) is 9.77. The summed E-state index contributed by atoms with van der Waals surface area (Å²) in [6, 6.07) is 0. The van der Waals surface area contributed by atoms with E-state index in [1.165, 1.54) is 0 Å². The number of aliphatic hydroxyl groups excluding tert-OH is 1. The molecule has 8 nitrogen and oxygen atoms in total. The number of imidazole rings is 1. The first-order chi connectivity index (χ1) is 15.3. The molecule has 0 fully saturated rings. The molecule has 4 N–H and O–H groups in total. The molecule has 0 spiro atoms.